The maximum atomic E-state index is 11.2. The van der Waals surface area contributed by atoms with Crippen LogP contribution in [0.2, 0.25) is 10.3 Å². The minimum atomic E-state index is -0.932. The van der Waals surface area contributed by atoms with E-state index in [0.29, 0.717) is 22.4 Å². The molecule has 1 aromatic heterocycles. The normalized spacial score (nSPS) is 12.2. The molecule has 0 fully saturated rings. The highest BCUT2D eigenvalue weighted by molar-refractivity contribution is 7.83. The molecule has 1 heterocycles. The number of nitrogens with one attached hydrogen (secondary N) is 1. The van der Waals surface area contributed by atoms with Crippen LogP contribution >= 0.6 is 23.2 Å². The third kappa shape index (κ3) is 4.41. The van der Waals surface area contributed by atoms with Crippen molar-refractivity contribution < 1.29 is 4.21 Å². The summed E-state index contributed by atoms with van der Waals surface area (Å²) in [6, 6.07) is 5.33. The Morgan fingerprint density at radius 2 is 2.05 bits per heavy atom. The summed E-state index contributed by atoms with van der Waals surface area (Å²) in [5.74, 6) is 0.763. The van der Waals surface area contributed by atoms with E-state index in [4.69, 9.17) is 23.2 Å². The molecule has 0 saturated carbocycles. The lowest BCUT2D eigenvalue weighted by atomic mass is 10.2. The van der Waals surface area contributed by atoms with E-state index in [1.54, 1.807) is 18.4 Å². The first-order chi connectivity index (χ1) is 9.02. The summed E-state index contributed by atoms with van der Waals surface area (Å²) in [7, 11) is -0.932. The van der Waals surface area contributed by atoms with Crippen molar-refractivity contribution in [3.05, 3.63) is 40.4 Å². The van der Waals surface area contributed by atoms with Crippen molar-refractivity contribution in [2.75, 3.05) is 11.6 Å². The van der Waals surface area contributed by atoms with Crippen LogP contribution in [0.25, 0.3) is 0 Å². The number of hydrogen-bond acceptors (Lipinski definition) is 5. The van der Waals surface area contributed by atoms with Crippen LogP contribution < -0.4 is 5.32 Å². The SMILES string of the molecule is C[S@](=O)Cc1cc(Cl)cc(Nc2ncnc(Cl)n2)c1. The standard InChI is InChI=1S/C11H10Cl2N4OS/c1-19(18)5-7-2-8(12)4-9(3-7)16-11-15-6-14-10(13)17-11/h2-4,6H,5H2,1H3,(H,14,15,16,17)/t19-/m0/s1. The summed E-state index contributed by atoms with van der Waals surface area (Å²) in [6.07, 6.45) is 2.95. The van der Waals surface area contributed by atoms with E-state index in [-0.39, 0.29) is 5.28 Å². The molecule has 0 aliphatic heterocycles. The van der Waals surface area contributed by atoms with E-state index in [0.717, 1.165) is 5.56 Å². The van der Waals surface area contributed by atoms with Gasteiger partial charge in [-0.15, -0.1) is 0 Å². The molecule has 0 aliphatic rings. The van der Waals surface area contributed by atoms with Gasteiger partial charge in [-0.1, -0.05) is 11.6 Å². The quantitative estimate of drug-likeness (QED) is 0.939. The molecule has 2 aromatic rings. The highest BCUT2D eigenvalue weighted by atomic mass is 35.5. The zero-order chi connectivity index (χ0) is 13.8. The van der Waals surface area contributed by atoms with Crippen LogP contribution in [0.5, 0.6) is 0 Å². The van der Waals surface area contributed by atoms with Gasteiger partial charge in [-0.05, 0) is 35.4 Å². The zero-order valence-corrected chi connectivity index (χ0v) is 12.3. The largest absolute Gasteiger partial charge is 0.324 e. The highest BCUT2D eigenvalue weighted by Crippen LogP contribution is 2.22. The fourth-order valence-corrected chi connectivity index (χ4v) is 2.52. The minimum Gasteiger partial charge on any atom is -0.324 e. The average Bonchev–Trinajstić information content (AvgIpc) is 2.26. The van der Waals surface area contributed by atoms with E-state index < -0.39 is 10.8 Å². The molecular formula is C11H10Cl2N4OS. The summed E-state index contributed by atoms with van der Waals surface area (Å²) in [5, 5.41) is 3.62. The van der Waals surface area contributed by atoms with E-state index >= 15 is 0 Å². The number of rotatable bonds is 4. The van der Waals surface area contributed by atoms with E-state index in [9.17, 15) is 4.21 Å². The molecule has 0 aliphatic carbocycles. The van der Waals surface area contributed by atoms with Crippen LogP contribution in [0.1, 0.15) is 5.56 Å². The maximum absolute atomic E-state index is 11.2. The molecule has 0 amide bonds. The number of aromatic nitrogens is 3. The molecule has 0 unspecified atom stereocenters. The third-order valence-corrected chi connectivity index (χ3v) is 3.27. The fraction of sp³-hybridized carbons (Fsp3) is 0.182. The molecule has 0 spiro atoms. The van der Waals surface area contributed by atoms with Gasteiger partial charge in [0.2, 0.25) is 11.2 Å². The van der Waals surface area contributed by atoms with Crippen molar-refractivity contribution in [2.24, 2.45) is 0 Å². The van der Waals surface area contributed by atoms with E-state index in [1.807, 2.05) is 6.07 Å². The fourth-order valence-electron chi connectivity index (χ4n) is 1.51. The average molecular weight is 317 g/mol. The molecule has 5 nitrogen and oxygen atoms in total. The summed E-state index contributed by atoms with van der Waals surface area (Å²) in [5.41, 5.74) is 1.58. The van der Waals surface area contributed by atoms with Crippen molar-refractivity contribution in [3.63, 3.8) is 0 Å². The van der Waals surface area contributed by atoms with Gasteiger partial charge in [0.15, 0.2) is 0 Å². The van der Waals surface area contributed by atoms with Gasteiger partial charge in [0.1, 0.15) is 6.33 Å². The number of nitrogens with zero attached hydrogens (tertiary/aromatic N) is 3. The van der Waals surface area contributed by atoms with Crippen LogP contribution in [0.3, 0.4) is 0 Å². The van der Waals surface area contributed by atoms with Gasteiger partial charge >= 0.3 is 0 Å². The van der Waals surface area contributed by atoms with Gasteiger partial charge < -0.3 is 5.32 Å². The molecule has 1 aromatic carbocycles. The Balaban J connectivity index is 2.24. The molecule has 0 saturated heterocycles. The number of hydrogen-bond donors (Lipinski definition) is 1. The Bertz CT molecular complexity index is 623. The number of halogens is 2. The van der Waals surface area contributed by atoms with Gasteiger partial charge in [-0.2, -0.15) is 4.98 Å². The molecule has 8 heteroatoms. The van der Waals surface area contributed by atoms with Crippen LogP contribution in [0, 0.1) is 0 Å². The minimum absolute atomic E-state index is 0.106. The molecule has 1 atom stereocenters. The zero-order valence-electron chi connectivity index (χ0n) is 9.93. The van der Waals surface area contributed by atoms with Crippen molar-refractivity contribution in [3.8, 4) is 0 Å². The lowest BCUT2D eigenvalue weighted by Gasteiger charge is -2.07. The molecule has 0 bridgehead atoms. The monoisotopic (exact) mass is 316 g/mol. The first-order valence-electron chi connectivity index (χ1n) is 5.24. The number of anilines is 2. The van der Waals surface area contributed by atoms with Gasteiger partial charge in [0.25, 0.3) is 0 Å². The van der Waals surface area contributed by atoms with Crippen LogP contribution in [0.15, 0.2) is 24.5 Å². The summed E-state index contributed by atoms with van der Waals surface area (Å²) in [6.45, 7) is 0. The van der Waals surface area contributed by atoms with E-state index in [1.165, 1.54) is 6.33 Å². The lowest BCUT2D eigenvalue weighted by molar-refractivity contribution is 0.686. The summed E-state index contributed by atoms with van der Waals surface area (Å²) < 4.78 is 11.2. The predicted octanol–water partition coefficient (Wildman–Crippen LogP) is 2.80. The van der Waals surface area contributed by atoms with Crippen LogP contribution in [-0.2, 0) is 16.6 Å². The first kappa shape index (κ1) is 14.2. The maximum Gasteiger partial charge on any atom is 0.231 e. The Kier molecular flexibility index (Phi) is 4.68. The second kappa shape index (κ2) is 6.27. The smallest absolute Gasteiger partial charge is 0.231 e. The third-order valence-electron chi connectivity index (χ3n) is 2.13. The second-order valence-corrected chi connectivity index (χ2v) is 5.98. The molecule has 100 valence electrons. The van der Waals surface area contributed by atoms with Gasteiger partial charge in [-0.25, -0.2) is 9.97 Å². The van der Waals surface area contributed by atoms with Crippen LogP contribution in [0.4, 0.5) is 11.6 Å². The number of benzene rings is 1. The molecular weight excluding hydrogens is 307 g/mol. The highest BCUT2D eigenvalue weighted by Gasteiger charge is 2.04. The Labute approximate surface area is 122 Å². The van der Waals surface area contributed by atoms with Gasteiger partial charge in [0, 0.05) is 33.5 Å². The Morgan fingerprint density at radius 1 is 1.26 bits per heavy atom. The van der Waals surface area contributed by atoms with Gasteiger partial charge in [-0.3, -0.25) is 4.21 Å². The first-order valence-corrected chi connectivity index (χ1v) is 7.72. The lowest BCUT2D eigenvalue weighted by Crippen LogP contribution is -1.99. The Hall–Kier alpha value is -1.24. The van der Waals surface area contributed by atoms with E-state index in [2.05, 4.69) is 20.3 Å². The second-order valence-electron chi connectivity index (χ2n) is 3.77. The summed E-state index contributed by atoms with van der Waals surface area (Å²) in [4.78, 5) is 11.5. The molecule has 19 heavy (non-hydrogen) atoms. The van der Waals surface area contributed by atoms with Gasteiger partial charge in [0.05, 0.1) is 0 Å². The van der Waals surface area contributed by atoms with Crippen molar-refractivity contribution in [1.29, 1.82) is 0 Å². The van der Waals surface area contributed by atoms with Crippen molar-refractivity contribution >= 4 is 45.6 Å². The Morgan fingerprint density at radius 3 is 2.74 bits per heavy atom. The topological polar surface area (TPSA) is 67.8 Å². The summed E-state index contributed by atoms with van der Waals surface area (Å²) >= 11 is 11.7. The van der Waals surface area contributed by atoms with Crippen LogP contribution in [-0.4, -0.2) is 25.4 Å². The molecule has 2 rings (SSSR count). The van der Waals surface area contributed by atoms with Crippen molar-refractivity contribution in [1.82, 2.24) is 15.0 Å². The predicted molar refractivity (Wildman–Crippen MR) is 77.3 cm³/mol. The van der Waals surface area contributed by atoms with Crippen molar-refractivity contribution in [2.45, 2.75) is 5.75 Å². The molecule has 0 radical (unpaired) electrons. The molecule has 1 N–H and O–H groups in total.